The van der Waals surface area contributed by atoms with E-state index in [9.17, 15) is 4.79 Å². The zero-order valence-corrected chi connectivity index (χ0v) is 12.9. The van der Waals surface area contributed by atoms with Crippen molar-refractivity contribution < 1.29 is 14.6 Å². The highest BCUT2D eigenvalue weighted by Gasteiger charge is 2.08. The van der Waals surface area contributed by atoms with Crippen LogP contribution in [0.4, 0.5) is 5.69 Å². The largest absolute Gasteiger partial charge is 0.496 e. The molecule has 114 valence electrons. The number of aliphatic carboxylic acids is 1. The first kappa shape index (κ1) is 15.6. The fourth-order valence-corrected chi connectivity index (χ4v) is 2.19. The van der Waals surface area contributed by atoms with Crippen LogP contribution in [0, 0.1) is 0 Å². The topological polar surface area (TPSA) is 58.6 Å². The summed E-state index contributed by atoms with van der Waals surface area (Å²) < 4.78 is 5.46. The number of ether oxygens (including phenoxy) is 1. The SMILES string of the molecule is CNc1cccc(-c2ccc(C=C(C)C(=O)O)cc2OC)c1. The Balaban J connectivity index is 2.46. The number of anilines is 1. The van der Waals surface area contributed by atoms with Crippen molar-refractivity contribution in [1.29, 1.82) is 0 Å². The van der Waals surface area contributed by atoms with Crippen molar-refractivity contribution in [1.82, 2.24) is 0 Å². The van der Waals surface area contributed by atoms with E-state index >= 15 is 0 Å². The first-order valence-corrected chi connectivity index (χ1v) is 6.93. The summed E-state index contributed by atoms with van der Waals surface area (Å²) in [7, 11) is 3.48. The van der Waals surface area contributed by atoms with E-state index in [2.05, 4.69) is 5.32 Å². The van der Waals surface area contributed by atoms with Crippen LogP contribution < -0.4 is 10.1 Å². The average Bonchev–Trinajstić information content (AvgIpc) is 2.54. The van der Waals surface area contributed by atoms with Crippen LogP contribution in [0.1, 0.15) is 12.5 Å². The molecule has 2 N–H and O–H groups in total. The maximum atomic E-state index is 10.9. The zero-order valence-electron chi connectivity index (χ0n) is 12.9. The minimum atomic E-state index is -0.926. The lowest BCUT2D eigenvalue weighted by molar-refractivity contribution is -0.132. The maximum absolute atomic E-state index is 10.9. The molecule has 2 aromatic rings. The molecule has 4 nitrogen and oxygen atoms in total. The molecule has 0 saturated heterocycles. The highest BCUT2D eigenvalue weighted by Crippen LogP contribution is 2.32. The molecule has 2 rings (SSSR count). The minimum absolute atomic E-state index is 0.284. The van der Waals surface area contributed by atoms with Gasteiger partial charge in [-0.3, -0.25) is 0 Å². The van der Waals surface area contributed by atoms with Crippen molar-refractivity contribution in [2.45, 2.75) is 6.92 Å². The molecule has 0 amide bonds. The van der Waals surface area contributed by atoms with Crippen LogP contribution in [-0.4, -0.2) is 25.2 Å². The van der Waals surface area contributed by atoms with Crippen LogP contribution in [0.5, 0.6) is 5.75 Å². The van der Waals surface area contributed by atoms with E-state index in [-0.39, 0.29) is 5.57 Å². The summed E-state index contributed by atoms with van der Waals surface area (Å²) >= 11 is 0. The van der Waals surface area contributed by atoms with E-state index < -0.39 is 5.97 Å². The summed E-state index contributed by atoms with van der Waals surface area (Å²) in [5.74, 6) is -0.218. The quantitative estimate of drug-likeness (QED) is 0.822. The van der Waals surface area contributed by atoms with Gasteiger partial charge in [-0.2, -0.15) is 0 Å². The molecule has 0 aliphatic rings. The maximum Gasteiger partial charge on any atom is 0.331 e. The Morgan fingerprint density at radius 3 is 2.64 bits per heavy atom. The molecule has 0 unspecified atom stereocenters. The Bertz CT molecular complexity index is 720. The van der Waals surface area contributed by atoms with Crippen molar-refractivity contribution in [3.63, 3.8) is 0 Å². The van der Waals surface area contributed by atoms with Crippen LogP contribution in [0.2, 0.25) is 0 Å². The molecule has 0 aliphatic heterocycles. The van der Waals surface area contributed by atoms with E-state index in [4.69, 9.17) is 9.84 Å². The molecule has 4 heteroatoms. The van der Waals surface area contributed by atoms with Gasteiger partial charge >= 0.3 is 5.97 Å². The van der Waals surface area contributed by atoms with Gasteiger partial charge < -0.3 is 15.2 Å². The van der Waals surface area contributed by atoms with Gasteiger partial charge in [0.05, 0.1) is 7.11 Å². The number of methoxy groups -OCH3 is 1. The fourth-order valence-electron chi connectivity index (χ4n) is 2.19. The Morgan fingerprint density at radius 1 is 1.23 bits per heavy atom. The van der Waals surface area contributed by atoms with Gasteiger partial charge in [-0.1, -0.05) is 24.3 Å². The summed E-state index contributed by atoms with van der Waals surface area (Å²) in [6, 6.07) is 13.7. The summed E-state index contributed by atoms with van der Waals surface area (Å²) in [6.07, 6.45) is 1.62. The zero-order chi connectivity index (χ0) is 16.1. The van der Waals surface area contributed by atoms with Crippen LogP contribution in [0.15, 0.2) is 48.0 Å². The molecule has 2 aromatic carbocycles. The van der Waals surface area contributed by atoms with Gasteiger partial charge in [0.15, 0.2) is 0 Å². The van der Waals surface area contributed by atoms with Crippen molar-refractivity contribution >= 4 is 17.7 Å². The fraction of sp³-hybridized carbons (Fsp3) is 0.167. The number of benzene rings is 2. The highest BCUT2D eigenvalue weighted by atomic mass is 16.5. The van der Waals surface area contributed by atoms with Crippen LogP contribution >= 0.6 is 0 Å². The van der Waals surface area contributed by atoms with E-state index in [1.165, 1.54) is 0 Å². The normalized spacial score (nSPS) is 11.1. The van der Waals surface area contributed by atoms with E-state index in [0.29, 0.717) is 5.75 Å². The second-order valence-electron chi connectivity index (χ2n) is 4.92. The first-order chi connectivity index (χ1) is 10.5. The lowest BCUT2D eigenvalue weighted by Crippen LogP contribution is -1.96. The molecule has 0 heterocycles. The van der Waals surface area contributed by atoms with Gasteiger partial charge in [-0.25, -0.2) is 4.79 Å². The number of rotatable bonds is 5. The van der Waals surface area contributed by atoms with Gasteiger partial charge in [0.2, 0.25) is 0 Å². The van der Waals surface area contributed by atoms with Gasteiger partial charge in [0.25, 0.3) is 0 Å². The molecule has 0 atom stereocenters. The number of carboxylic acid groups (broad SMARTS) is 1. The minimum Gasteiger partial charge on any atom is -0.496 e. The van der Waals surface area contributed by atoms with Crippen molar-refractivity contribution in [3.8, 4) is 16.9 Å². The van der Waals surface area contributed by atoms with Crippen LogP contribution in [0.25, 0.3) is 17.2 Å². The predicted octanol–water partition coefficient (Wildman–Crippen LogP) is 3.89. The van der Waals surface area contributed by atoms with E-state index in [0.717, 1.165) is 22.4 Å². The number of nitrogens with one attached hydrogen (secondary N) is 1. The Morgan fingerprint density at radius 2 is 2.00 bits per heavy atom. The van der Waals surface area contributed by atoms with Gasteiger partial charge in [0, 0.05) is 23.9 Å². The molecule has 0 spiro atoms. The molecule has 0 saturated carbocycles. The highest BCUT2D eigenvalue weighted by molar-refractivity contribution is 5.91. The van der Waals surface area contributed by atoms with Crippen molar-refractivity contribution in [2.24, 2.45) is 0 Å². The summed E-state index contributed by atoms with van der Waals surface area (Å²) in [6.45, 7) is 1.57. The predicted molar refractivity (Wildman–Crippen MR) is 89.3 cm³/mol. The third-order valence-electron chi connectivity index (χ3n) is 3.41. The van der Waals surface area contributed by atoms with Crippen molar-refractivity contribution in [3.05, 3.63) is 53.6 Å². The molecule has 0 fully saturated rings. The molecule has 0 aromatic heterocycles. The molecule has 0 aliphatic carbocycles. The Hall–Kier alpha value is -2.75. The Kier molecular flexibility index (Phi) is 4.84. The Labute approximate surface area is 130 Å². The smallest absolute Gasteiger partial charge is 0.331 e. The molecular weight excluding hydrogens is 278 g/mol. The third kappa shape index (κ3) is 3.47. The lowest BCUT2D eigenvalue weighted by atomic mass is 10.0. The van der Waals surface area contributed by atoms with Gasteiger partial charge in [0.1, 0.15) is 5.75 Å². The van der Waals surface area contributed by atoms with E-state index in [1.807, 2.05) is 49.5 Å². The molecule has 0 radical (unpaired) electrons. The number of hydrogen-bond acceptors (Lipinski definition) is 3. The average molecular weight is 297 g/mol. The number of carboxylic acids is 1. The van der Waals surface area contributed by atoms with Crippen molar-refractivity contribution in [2.75, 3.05) is 19.5 Å². The van der Waals surface area contributed by atoms with E-state index in [1.54, 1.807) is 20.1 Å². The molecular formula is C18H19NO3. The van der Waals surface area contributed by atoms with Gasteiger partial charge in [-0.15, -0.1) is 0 Å². The number of hydrogen-bond donors (Lipinski definition) is 2. The van der Waals surface area contributed by atoms with Crippen LogP contribution in [-0.2, 0) is 4.79 Å². The number of carbonyl (C=O) groups is 1. The van der Waals surface area contributed by atoms with Crippen LogP contribution in [0.3, 0.4) is 0 Å². The first-order valence-electron chi connectivity index (χ1n) is 6.93. The monoisotopic (exact) mass is 297 g/mol. The lowest BCUT2D eigenvalue weighted by Gasteiger charge is -2.11. The van der Waals surface area contributed by atoms with Gasteiger partial charge in [-0.05, 0) is 42.3 Å². The standard InChI is InChI=1S/C18H19NO3/c1-12(18(20)21)9-13-7-8-16(17(10-13)22-3)14-5-4-6-15(11-14)19-2/h4-11,19H,1-3H3,(H,20,21). The summed E-state index contributed by atoms with van der Waals surface area (Å²) in [5.41, 5.74) is 4.10. The molecule has 22 heavy (non-hydrogen) atoms. The third-order valence-corrected chi connectivity index (χ3v) is 3.41. The summed E-state index contributed by atoms with van der Waals surface area (Å²) in [5, 5.41) is 12.1. The second kappa shape index (κ2) is 6.80. The molecule has 0 bridgehead atoms. The second-order valence-corrected chi connectivity index (χ2v) is 4.92. The summed E-state index contributed by atoms with van der Waals surface area (Å²) in [4.78, 5) is 10.9.